The Hall–Kier alpha value is 0.110. The van der Waals surface area contributed by atoms with Crippen LogP contribution in [-0.2, 0) is 14.0 Å². The lowest BCUT2D eigenvalue weighted by Crippen LogP contribution is -2.18. The van der Waals surface area contributed by atoms with Crippen LogP contribution in [0.15, 0.2) is 0 Å². The summed E-state index contributed by atoms with van der Waals surface area (Å²) in [6.45, 7) is 3.32. The predicted molar refractivity (Wildman–Crippen MR) is 42.8 cm³/mol. The van der Waals surface area contributed by atoms with E-state index in [4.69, 9.17) is 9.47 Å². The molecule has 0 aliphatic carbocycles. The van der Waals surface area contributed by atoms with Crippen LogP contribution < -0.4 is 0 Å². The van der Waals surface area contributed by atoms with E-state index in [0.717, 1.165) is 0 Å². The zero-order valence-corrected chi connectivity index (χ0v) is 8.17. The minimum Gasteiger partial charge on any atom is -0.348 e. The molecule has 0 saturated carbocycles. The SMILES string of the molecule is COC(OC)P(=O)(O)C(C)C. The topological polar surface area (TPSA) is 55.8 Å². The first-order chi connectivity index (χ1) is 4.96. The lowest BCUT2D eigenvalue weighted by molar-refractivity contribution is -0.0501. The predicted octanol–water partition coefficient (Wildman–Crippen LogP) is 1.24. The van der Waals surface area contributed by atoms with Crippen LogP contribution in [-0.4, -0.2) is 30.8 Å². The van der Waals surface area contributed by atoms with E-state index in [-0.39, 0.29) is 5.66 Å². The van der Waals surface area contributed by atoms with Crippen LogP contribution in [0.25, 0.3) is 0 Å². The van der Waals surface area contributed by atoms with Crippen molar-refractivity contribution in [3.63, 3.8) is 0 Å². The van der Waals surface area contributed by atoms with Gasteiger partial charge in [-0.1, -0.05) is 13.8 Å². The first-order valence-corrected chi connectivity index (χ1v) is 5.14. The van der Waals surface area contributed by atoms with Crippen LogP contribution in [0, 0.1) is 0 Å². The van der Waals surface area contributed by atoms with Crippen molar-refractivity contribution in [2.75, 3.05) is 14.2 Å². The highest BCUT2D eigenvalue weighted by Crippen LogP contribution is 2.51. The van der Waals surface area contributed by atoms with Crippen LogP contribution in [0.1, 0.15) is 13.8 Å². The van der Waals surface area contributed by atoms with Crippen molar-refractivity contribution in [1.82, 2.24) is 0 Å². The Morgan fingerprint density at radius 1 is 1.27 bits per heavy atom. The van der Waals surface area contributed by atoms with Gasteiger partial charge in [-0.3, -0.25) is 4.57 Å². The molecular weight excluding hydrogens is 167 g/mol. The van der Waals surface area contributed by atoms with E-state index >= 15 is 0 Å². The first kappa shape index (κ1) is 11.1. The van der Waals surface area contributed by atoms with Crippen LogP contribution in [0.2, 0.25) is 0 Å². The van der Waals surface area contributed by atoms with Gasteiger partial charge in [-0.05, 0) is 0 Å². The summed E-state index contributed by atoms with van der Waals surface area (Å²) in [7, 11) is -0.626. The number of hydrogen-bond donors (Lipinski definition) is 1. The lowest BCUT2D eigenvalue weighted by atomic mass is 10.6. The van der Waals surface area contributed by atoms with Crippen molar-refractivity contribution in [3.05, 3.63) is 0 Å². The molecule has 0 amide bonds. The summed E-state index contributed by atoms with van der Waals surface area (Å²) in [4.78, 5) is 9.36. The summed E-state index contributed by atoms with van der Waals surface area (Å²) in [5, 5.41) is 0. The highest BCUT2D eigenvalue weighted by Gasteiger charge is 2.34. The minimum atomic E-state index is -3.32. The Labute approximate surface area is 67.0 Å². The fraction of sp³-hybridized carbons (Fsp3) is 1.00. The van der Waals surface area contributed by atoms with Gasteiger partial charge in [-0.15, -0.1) is 0 Å². The molecule has 0 aromatic carbocycles. The van der Waals surface area contributed by atoms with Crippen molar-refractivity contribution in [2.24, 2.45) is 0 Å². The van der Waals surface area contributed by atoms with Gasteiger partial charge in [0.05, 0.1) is 0 Å². The molecule has 0 aromatic rings. The summed E-state index contributed by atoms with van der Waals surface area (Å²) >= 11 is 0. The van der Waals surface area contributed by atoms with E-state index in [0.29, 0.717) is 0 Å². The second kappa shape index (κ2) is 4.21. The number of ether oxygens (including phenoxy) is 2. The van der Waals surface area contributed by atoms with Gasteiger partial charge in [-0.2, -0.15) is 0 Å². The Balaban J connectivity index is 4.38. The third kappa shape index (κ3) is 2.56. The molecule has 0 fully saturated rings. The molecule has 0 bridgehead atoms. The van der Waals surface area contributed by atoms with Crippen LogP contribution in [0.5, 0.6) is 0 Å². The van der Waals surface area contributed by atoms with E-state index in [9.17, 15) is 9.46 Å². The number of hydrogen-bond acceptors (Lipinski definition) is 3. The Morgan fingerprint density at radius 2 is 1.64 bits per heavy atom. The van der Waals surface area contributed by atoms with E-state index in [1.54, 1.807) is 13.8 Å². The number of methoxy groups -OCH3 is 2. The highest BCUT2D eigenvalue weighted by atomic mass is 31.2. The third-order valence-corrected chi connectivity index (χ3v) is 3.95. The molecule has 0 saturated heterocycles. The molecule has 68 valence electrons. The van der Waals surface area contributed by atoms with Gasteiger partial charge in [0.2, 0.25) is 6.03 Å². The van der Waals surface area contributed by atoms with Crippen molar-refractivity contribution in [2.45, 2.75) is 25.5 Å². The standard InChI is InChI=1S/C6H15O4P/c1-5(2)11(7,8)6(9-3)10-4/h5-6H,1-4H3,(H,7,8). The molecular formula is C6H15O4P. The second-order valence-corrected chi connectivity index (χ2v) is 5.34. The molecule has 0 aromatic heterocycles. The molecule has 0 radical (unpaired) electrons. The first-order valence-electron chi connectivity index (χ1n) is 3.34. The van der Waals surface area contributed by atoms with Gasteiger partial charge in [0.15, 0.2) is 0 Å². The molecule has 0 rings (SSSR count). The van der Waals surface area contributed by atoms with E-state index in [1.807, 2.05) is 0 Å². The van der Waals surface area contributed by atoms with Crippen molar-refractivity contribution >= 4 is 7.37 Å². The van der Waals surface area contributed by atoms with Crippen molar-refractivity contribution < 1.29 is 18.9 Å². The average molecular weight is 182 g/mol. The lowest BCUT2D eigenvalue weighted by Gasteiger charge is -2.22. The fourth-order valence-electron chi connectivity index (χ4n) is 0.642. The normalized spacial score (nSPS) is 17.4. The smallest absolute Gasteiger partial charge is 0.257 e. The number of rotatable bonds is 4. The van der Waals surface area contributed by atoms with Gasteiger partial charge in [0, 0.05) is 19.9 Å². The van der Waals surface area contributed by atoms with Gasteiger partial charge in [0.1, 0.15) is 0 Å². The maximum atomic E-state index is 11.4. The Morgan fingerprint density at radius 3 is 1.73 bits per heavy atom. The molecule has 5 heteroatoms. The summed E-state index contributed by atoms with van der Waals surface area (Å²) in [5.74, 6) is 0. The summed E-state index contributed by atoms with van der Waals surface area (Å²) in [6, 6.07) is -0.998. The van der Waals surface area contributed by atoms with Gasteiger partial charge in [0.25, 0.3) is 7.37 Å². The van der Waals surface area contributed by atoms with Crippen LogP contribution in [0.4, 0.5) is 0 Å². The Bertz CT molecular complexity index is 153. The van der Waals surface area contributed by atoms with Crippen molar-refractivity contribution in [1.29, 1.82) is 0 Å². The molecule has 4 nitrogen and oxygen atoms in total. The average Bonchev–Trinajstić information content (AvgIpc) is 1.89. The Kier molecular flexibility index (Phi) is 4.26. The maximum Gasteiger partial charge on any atom is 0.257 e. The molecule has 1 N–H and O–H groups in total. The fourth-order valence-corrected chi connectivity index (χ4v) is 1.73. The second-order valence-electron chi connectivity index (χ2n) is 2.54. The van der Waals surface area contributed by atoms with E-state index in [2.05, 4.69) is 0 Å². The zero-order valence-electron chi connectivity index (χ0n) is 7.27. The van der Waals surface area contributed by atoms with E-state index in [1.165, 1.54) is 14.2 Å². The largest absolute Gasteiger partial charge is 0.348 e. The minimum absolute atomic E-state index is 0.340. The maximum absolute atomic E-state index is 11.4. The molecule has 0 heterocycles. The quantitative estimate of drug-likeness (QED) is 0.525. The van der Waals surface area contributed by atoms with Crippen LogP contribution in [0.3, 0.4) is 0 Å². The summed E-state index contributed by atoms with van der Waals surface area (Å²) in [5.41, 5.74) is -0.340. The summed E-state index contributed by atoms with van der Waals surface area (Å²) < 4.78 is 20.8. The van der Waals surface area contributed by atoms with Crippen LogP contribution >= 0.6 is 7.37 Å². The van der Waals surface area contributed by atoms with Gasteiger partial charge in [-0.25, -0.2) is 0 Å². The highest BCUT2D eigenvalue weighted by molar-refractivity contribution is 7.59. The molecule has 1 unspecified atom stereocenters. The molecule has 0 aliphatic heterocycles. The molecule has 0 spiro atoms. The van der Waals surface area contributed by atoms with Crippen molar-refractivity contribution in [3.8, 4) is 0 Å². The van der Waals surface area contributed by atoms with Gasteiger partial charge < -0.3 is 14.4 Å². The molecule has 11 heavy (non-hydrogen) atoms. The monoisotopic (exact) mass is 182 g/mol. The molecule has 0 aliphatic rings. The van der Waals surface area contributed by atoms with Gasteiger partial charge >= 0.3 is 0 Å². The zero-order chi connectivity index (χ0) is 9.07. The summed E-state index contributed by atoms with van der Waals surface area (Å²) in [6.07, 6.45) is 0. The van der Waals surface area contributed by atoms with E-state index < -0.39 is 13.4 Å². The molecule has 1 atom stereocenters. The third-order valence-electron chi connectivity index (χ3n) is 1.45.